The zero-order valence-electron chi connectivity index (χ0n) is 14.2. The van der Waals surface area contributed by atoms with Gasteiger partial charge in [0.25, 0.3) is 0 Å². The highest BCUT2D eigenvalue weighted by molar-refractivity contribution is 5.81. The molecule has 0 aliphatic heterocycles. The molecular formula is C20H26N2O. The maximum absolute atomic E-state index is 12.0. The average molecular weight is 310 g/mol. The van der Waals surface area contributed by atoms with Gasteiger partial charge in [-0.15, -0.1) is 0 Å². The minimum atomic E-state index is -0.352. The minimum absolute atomic E-state index is 0.0871. The Morgan fingerprint density at radius 1 is 0.957 bits per heavy atom. The van der Waals surface area contributed by atoms with Crippen molar-refractivity contribution in [2.75, 3.05) is 11.9 Å². The normalized spacial score (nSPS) is 12.5. The second kappa shape index (κ2) is 7.82. The molecule has 0 heterocycles. The molecule has 23 heavy (non-hydrogen) atoms. The van der Waals surface area contributed by atoms with Crippen LogP contribution in [0.2, 0.25) is 0 Å². The molecule has 0 saturated carbocycles. The van der Waals surface area contributed by atoms with E-state index >= 15 is 0 Å². The van der Waals surface area contributed by atoms with Crippen molar-refractivity contribution in [1.82, 2.24) is 5.32 Å². The number of carbonyl (C=O) groups is 1. The smallest absolute Gasteiger partial charge is 0.225 e. The summed E-state index contributed by atoms with van der Waals surface area (Å²) in [4.78, 5) is 12.0. The Bertz CT molecular complexity index is 603. The monoisotopic (exact) mass is 310 g/mol. The molecule has 0 spiro atoms. The Labute approximate surface area is 139 Å². The van der Waals surface area contributed by atoms with E-state index in [-0.39, 0.29) is 17.4 Å². The van der Waals surface area contributed by atoms with Gasteiger partial charge in [0, 0.05) is 17.6 Å². The Morgan fingerprint density at radius 2 is 1.52 bits per heavy atom. The summed E-state index contributed by atoms with van der Waals surface area (Å²) in [6.07, 6.45) is 0.834. The van der Waals surface area contributed by atoms with E-state index in [0.29, 0.717) is 6.54 Å². The molecule has 0 radical (unpaired) electrons. The van der Waals surface area contributed by atoms with Gasteiger partial charge in [-0.3, -0.25) is 4.79 Å². The van der Waals surface area contributed by atoms with Crippen LogP contribution in [0.25, 0.3) is 0 Å². The molecule has 0 aromatic heterocycles. The molecule has 0 bridgehead atoms. The molecular weight excluding hydrogens is 284 g/mol. The van der Waals surface area contributed by atoms with Crippen LogP contribution in [0.15, 0.2) is 60.7 Å². The van der Waals surface area contributed by atoms with Gasteiger partial charge in [-0.1, -0.05) is 69.3 Å². The Kier molecular flexibility index (Phi) is 5.80. The summed E-state index contributed by atoms with van der Waals surface area (Å²) in [5.41, 5.74) is 1.96. The number of nitrogens with one attached hydrogen (secondary N) is 2. The molecule has 122 valence electrons. The van der Waals surface area contributed by atoms with E-state index in [2.05, 4.69) is 34.9 Å². The third-order valence-electron chi connectivity index (χ3n) is 3.72. The Morgan fingerprint density at radius 3 is 2.09 bits per heavy atom. The third kappa shape index (κ3) is 5.44. The fraction of sp³-hybridized carbons (Fsp3) is 0.350. The summed E-state index contributed by atoms with van der Waals surface area (Å²) >= 11 is 0. The van der Waals surface area contributed by atoms with Crippen molar-refractivity contribution in [2.45, 2.75) is 33.2 Å². The van der Waals surface area contributed by atoms with Gasteiger partial charge in [-0.25, -0.2) is 0 Å². The van der Waals surface area contributed by atoms with Crippen molar-refractivity contribution in [1.29, 1.82) is 0 Å². The van der Waals surface area contributed by atoms with Crippen LogP contribution in [0.4, 0.5) is 5.69 Å². The molecule has 2 rings (SSSR count). The van der Waals surface area contributed by atoms with Gasteiger partial charge in [0.15, 0.2) is 0 Å². The first kappa shape index (κ1) is 17.1. The number of rotatable bonds is 6. The van der Waals surface area contributed by atoms with E-state index in [1.54, 1.807) is 0 Å². The van der Waals surface area contributed by atoms with Gasteiger partial charge in [0.1, 0.15) is 0 Å². The summed E-state index contributed by atoms with van der Waals surface area (Å²) < 4.78 is 0. The molecule has 2 aromatic carbocycles. The molecule has 0 aliphatic carbocycles. The molecule has 1 unspecified atom stereocenters. The fourth-order valence-corrected chi connectivity index (χ4v) is 2.34. The summed E-state index contributed by atoms with van der Waals surface area (Å²) in [7, 11) is 0. The van der Waals surface area contributed by atoms with Crippen molar-refractivity contribution >= 4 is 11.6 Å². The van der Waals surface area contributed by atoms with E-state index in [0.717, 1.165) is 12.1 Å². The number of amides is 1. The molecule has 3 nitrogen and oxygen atoms in total. The van der Waals surface area contributed by atoms with Crippen LogP contribution in [0.3, 0.4) is 0 Å². The lowest BCUT2D eigenvalue weighted by Gasteiger charge is -2.22. The number of para-hydroxylation sites is 1. The van der Waals surface area contributed by atoms with Gasteiger partial charge in [-0.05, 0) is 24.1 Å². The van der Waals surface area contributed by atoms with E-state index in [1.807, 2.05) is 57.2 Å². The Hall–Kier alpha value is -2.29. The molecule has 2 N–H and O–H groups in total. The van der Waals surface area contributed by atoms with Crippen LogP contribution in [0.1, 0.15) is 38.8 Å². The van der Waals surface area contributed by atoms with Gasteiger partial charge in [0.05, 0.1) is 6.04 Å². The van der Waals surface area contributed by atoms with Crippen molar-refractivity contribution in [3.05, 3.63) is 66.2 Å². The van der Waals surface area contributed by atoms with Crippen LogP contribution >= 0.6 is 0 Å². The number of hydrogen-bond acceptors (Lipinski definition) is 2. The second-order valence-electron chi connectivity index (χ2n) is 6.77. The topological polar surface area (TPSA) is 41.1 Å². The van der Waals surface area contributed by atoms with Gasteiger partial charge in [0.2, 0.25) is 5.91 Å². The van der Waals surface area contributed by atoms with Crippen LogP contribution in [-0.4, -0.2) is 12.5 Å². The summed E-state index contributed by atoms with van der Waals surface area (Å²) in [5.74, 6) is 0.0871. The van der Waals surface area contributed by atoms with Gasteiger partial charge in [-0.2, -0.15) is 0 Å². The maximum Gasteiger partial charge on any atom is 0.225 e. The lowest BCUT2D eigenvalue weighted by molar-refractivity contribution is -0.128. The van der Waals surface area contributed by atoms with Crippen molar-refractivity contribution < 1.29 is 4.79 Å². The van der Waals surface area contributed by atoms with E-state index in [1.165, 1.54) is 5.56 Å². The first-order valence-corrected chi connectivity index (χ1v) is 8.11. The highest BCUT2D eigenvalue weighted by Gasteiger charge is 2.21. The minimum Gasteiger partial charge on any atom is -0.378 e. The molecule has 2 aromatic rings. The average Bonchev–Trinajstić information content (AvgIpc) is 2.54. The highest BCUT2D eigenvalue weighted by Crippen LogP contribution is 2.22. The quantitative estimate of drug-likeness (QED) is 0.830. The van der Waals surface area contributed by atoms with Crippen molar-refractivity contribution in [2.24, 2.45) is 5.41 Å². The predicted octanol–water partition coefficient (Wildman–Crippen LogP) is 4.39. The Balaban J connectivity index is 2.01. The fourth-order valence-electron chi connectivity index (χ4n) is 2.34. The van der Waals surface area contributed by atoms with E-state index in [4.69, 9.17) is 0 Å². The number of hydrogen-bond donors (Lipinski definition) is 2. The first-order valence-electron chi connectivity index (χ1n) is 8.11. The van der Waals surface area contributed by atoms with Gasteiger partial charge >= 0.3 is 0 Å². The summed E-state index contributed by atoms with van der Waals surface area (Å²) in [6, 6.07) is 20.7. The van der Waals surface area contributed by atoms with Crippen LogP contribution < -0.4 is 10.6 Å². The first-order chi connectivity index (χ1) is 11.0. The third-order valence-corrected chi connectivity index (χ3v) is 3.72. The van der Waals surface area contributed by atoms with Gasteiger partial charge < -0.3 is 10.6 Å². The molecule has 0 fully saturated rings. The van der Waals surface area contributed by atoms with Crippen LogP contribution in [0.5, 0.6) is 0 Å². The standard InChI is InChI=1S/C20H26N2O/c1-20(2,3)19(23)21-15-14-18(16-10-6-4-7-11-16)22-17-12-8-5-9-13-17/h4-13,18,22H,14-15H2,1-3H3,(H,21,23). The highest BCUT2D eigenvalue weighted by atomic mass is 16.2. The van der Waals surface area contributed by atoms with Crippen molar-refractivity contribution in [3.63, 3.8) is 0 Å². The number of anilines is 1. The number of carbonyl (C=O) groups excluding carboxylic acids is 1. The molecule has 0 saturated heterocycles. The van der Waals surface area contributed by atoms with Crippen LogP contribution in [-0.2, 0) is 4.79 Å². The SMILES string of the molecule is CC(C)(C)C(=O)NCCC(Nc1ccccc1)c1ccccc1. The molecule has 0 aliphatic rings. The molecule has 1 amide bonds. The molecule has 1 atom stereocenters. The predicted molar refractivity (Wildman–Crippen MR) is 96.3 cm³/mol. The van der Waals surface area contributed by atoms with E-state index < -0.39 is 0 Å². The van der Waals surface area contributed by atoms with E-state index in [9.17, 15) is 4.79 Å². The lowest BCUT2D eigenvalue weighted by atomic mass is 9.95. The maximum atomic E-state index is 12.0. The number of benzene rings is 2. The van der Waals surface area contributed by atoms with Crippen LogP contribution in [0, 0.1) is 5.41 Å². The molecule has 3 heteroatoms. The zero-order valence-corrected chi connectivity index (χ0v) is 14.2. The zero-order chi connectivity index (χ0) is 16.7. The second-order valence-corrected chi connectivity index (χ2v) is 6.77. The largest absolute Gasteiger partial charge is 0.378 e. The summed E-state index contributed by atoms with van der Waals surface area (Å²) in [6.45, 7) is 6.44. The summed E-state index contributed by atoms with van der Waals surface area (Å²) in [5, 5.41) is 6.59. The lowest BCUT2D eigenvalue weighted by Crippen LogP contribution is -2.36. The van der Waals surface area contributed by atoms with Crippen molar-refractivity contribution in [3.8, 4) is 0 Å².